The van der Waals surface area contributed by atoms with Gasteiger partial charge in [-0.2, -0.15) is 0 Å². The quantitative estimate of drug-likeness (QED) is 0.690. The maximum absolute atomic E-state index is 13.7. The van der Waals surface area contributed by atoms with Crippen LogP contribution in [-0.4, -0.2) is 20.1 Å². The van der Waals surface area contributed by atoms with E-state index in [1.54, 1.807) is 6.20 Å². The van der Waals surface area contributed by atoms with Crippen molar-refractivity contribution < 1.29 is 9.50 Å². The molecule has 0 radical (unpaired) electrons. The molecule has 18 heavy (non-hydrogen) atoms. The lowest BCUT2D eigenvalue weighted by atomic mass is 10.2. The second kappa shape index (κ2) is 3.80. The molecular formula is C13H10FN3O. The highest BCUT2D eigenvalue weighted by atomic mass is 19.1. The number of halogens is 1. The number of phenolic OH excluding ortho intramolecular Hbond substituents is 1. The lowest BCUT2D eigenvalue weighted by Crippen LogP contribution is -1.87. The number of H-pyrrole nitrogens is 1. The van der Waals surface area contributed by atoms with Gasteiger partial charge in [0.1, 0.15) is 17.4 Å². The summed E-state index contributed by atoms with van der Waals surface area (Å²) < 4.78 is 13.7. The van der Waals surface area contributed by atoms with E-state index in [0.29, 0.717) is 5.65 Å². The van der Waals surface area contributed by atoms with Gasteiger partial charge in [-0.25, -0.2) is 14.4 Å². The lowest BCUT2D eigenvalue weighted by Gasteiger charge is -2.01. The molecule has 0 spiro atoms. The molecule has 3 rings (SSSR count). The van der Waals surface area contributed by atoms with E-state index < -0.39 is 5.82 Å². The number of rotatable bonds is 1. The van der Waals surface area contributed by atoms with Crippen molar-refractivity contribution in [3.05, 3.63) is 41.8 Å². The van der Waals surface area contributed by atoms with Gasteiger partial charge < -0.3 is 10.1 Å². The number of nitrogens with one attached hydrogen (secondary N) is 1. The number of fused-ring (bicyclic) bond motifs is 1. The second-order valence-corrected chi connectivity index (χ2v) is 4.05. The van der Waals surface area contributed by atoms with Gasteiger partial charge in [-0.05, 0) is 30.7 Å². The van der Waals surface area contributed by atoms with Crippen molar-refractivity contribution in [2.24, 2.45) is 0 Å². The number of nitrogens with zero attached hydrogens (tertiary/aromatic N) is 2. The molecule has 5 heteroatoms. The number of benzene rings is 1. The fourth-order valence-electron chi connectivity index (χ4n) is 1.90. The molecule has 0 amide bonds. The van der Waals surface area contributed by atoms with Gasteiger partial charge in [-0.3, -0.25) is 0 Å². The van der Waals surface area contributed by atoms with Gasteiger partial charge in [0.15, 0.2) is 5.65 Å². The van der Waals surface area contributed by atoms with Gasteiger partial charge in [0.05, 0.1) is 11.1 Å². The molecule has 2 aromatic heterocycles. The van der Waals surface area contributed by atoms with Crippen LogP contribution in [0.3, 0.4) is 0 Å². The topological polar surface area (TPSA) is 61.8 Å². The van der Waals surface area contributed by atoms with Crippen molar-refractivity contribution in [1.82, 2.24) is 15.0 Å². The summed E-state index contributed by atoms with van der Waals surface area (Å²) in [6.45, 7) is 1.91. The monoisotopic (exact) mass is 243 g/mol. The van der Waals surface area contributed by atoms with Gasteiger partial charge >= 0.3 is 0 Å². The zero-order valence-corrected chi connectivity index (χ0v) is 9.61. The van der Waals surface area contributed by atoms with Crippen molar-refractivity contribution >= 4 is 11.2 Å². The molecule has 0 atom stereocenters. The summed E-state index contributed by atoms with van der Waals surface area (Å²) in [4.78, 5) is 11.3. The number of hydrogen-bond donors (Lipinski definition) is 2. The predicted molar refractivity (Wildman–Crippen MR) is 65.7 cm³/mol. The first-order valence-corrected chi connectivity index (χ1v) is 5.46. The molecule has 0 aliphatic rings. The summed E-state index contributed by atoms with van der Waals surface area (Å²) in [5, 5.41) is 9.72. The van der Waals surface area contributed by atoms with Crippen LogP contribution in [0.4, 0.5) is 4.39 Å². The molecule has 90 valence electrons. The van der Waals surface area contributed by atoms with E-state index in [4.69, 9.17) is 0 Å². The van der Waals surface area contributed by atoms with Crippen LogP contribution < -0.4 is 0 Å². The summed E-state index contributed by atoms with van der Waals surface area (Å²) >= 11 is 0. The highest BCUT2D eigenvalue weighted by Gasteiger charge is 2.15. The average Bonchev–Trinajstić information content (AvgIpc) is 2.74. The number of pyridine rings is 1. The number of phenols is 1. The Balaban J connectivity index is 2.30. The number of aryl methyl sites for hydroxylation is 1. The molecule has 2 N–H and O–H groups in total. The van der Waals surface area contributed by atoms with Crippen molar-refractivity contribution in [3.8, 4) is 17.1 Å². The summed E-state index contributed by atoms with van der Waals surface area (Å²) in [5.41, 5.74) is 2.28. The summed E-state index contributed by atoms with van der Waals surface area (Å²) in [6.07, 6.45) is 1.64. The van der Waals surface area contributed by atoms with Crippen LogP contribution >= 0.6 is 0 Å². The van der Waals surface area contributed by atoms with Crippen LogP contribution in [0.2, 0.25) is 0 Å². The third-order valence-corrected chi connectivity index (χ3v) is 2.83. The Labute approximate surface area is 102 Å². The molecule has 1 aromatic carbocycles. The molecule has 3 aromatic rings. The number of aromatic nitrogens is 3. The third kappa shape index (κ3) is 1.52. The molecule has 0 fully saturated rings. The van der Waals surface area contributed by atoms with Crippen LogP contribution in [0.25, 0.3) is 22.6 Å². The SMILES string of the molecule is Cc1ccnc2nc(-c3c(O)cccc3F)[nH]c12. The smallest absolute Gasteiger partial charge is 0.178 e. The Kier molecular flexibility index (Phi) is 2.26. The van der Waals surface area contributed by atoms with Gasteiger partial charge in [-0.15, -0.1) is 0 Å². The molecule has 0 bridgehead atoms. The molecule has 0 aliphatic heterocycles. The number of aromatic amines is 1. The second-order valence-electron chi connectivity index (χ2n) is 4.05. The Morgan fingerprint density at radius 1 is 1.28 bits per heavy atom. The van der Waals surface area contributed by atoms with E-state index in [9.17, 15) is 9.50 Å². The molecule has 0 saturated heterocycles. The van der Waals surface area contributed by atoms with Crippen LogP contribution in [0.1, 0.15) is 5.56 Å². The van der Waals surface area contributed by atoms with Gasteiger partial charge in [-0.1, -0.05) is 6.07 Å². The first-order chi connectivity index (χ1) is 8.66. The van der Waals surface area contributed by atoms with E-state index in [2.05, 4.69) is 15.0 Å². The number of hydrogen-bond acceptors (Lipinski definition) is 3. The van der Waals surface area contributed by atoms with Crippen molar-refractivity contribution in [1.29, 1.82) is 0 Å². The molecule has 0 saturated carbocycles. The fraction of sp³-hybridized carbons (Fsp3) is 0.0769. The third-order valence-electron chi connectivity index (χ3n) is 2.83. The minimum atomic E-state index is -0.522. The standard InChI is InChI=1S/C13H10FN3O/c1-7-5-6-15-13-11(7)16-12(17-13)10-8(14)3-2-4-9(10)18/h2-6,18H,1H3,(H,15,16,17). The first-order valence-electron chi connectivity index (χ1n) is 5.46. The highest BCUT2D eigenvalue weighted by molar-refractivity contribution is 5.80. The Morgan fingerprint density at radius 3 is 2.83 bits per heavy atom. The Bertz CT molecular complexity index is 716. The maximum Gasteiger partial charge on any atom is 0.178 e. The first kappa shape index (κ1) is 10.7. The predicted octanol–water partition coefficient (Wildman–Crippen LogP) is 2.78. The van der Waals surface area contributed by atoms with E-state index in [0.717, 1.165) is 11.1 Å². The maximum atomic E-state index is 13.7. The minimum Gasteiger partial charge on any atom is -0.507 e. The summed E-state index contributed by atoms with van der Waals surface area (Å²) in [5.74, 6) is -0.388. The van der Waals surface area contributed by atoms with Gasteiger partial charge in [0.25, 0.3) is 0 Å². The van der Waals surface area contributed by atoms with Gasteiger partial charge in [0.2, 0.25) is 0 Å². The lowest BCUT2D eigenvalue weighted by molar-refractivity contribution is 0.471. The molecule has 4 nitrogen and oxygen atoms in total. The Hall–Kier alpha value is -2.43. The zero-order chi connectivity index (χ0) is 12.7. The van der Waals surface area contributed by atoms with E-state index >= 15 is 0 Å². The van der Waals surface area contributed by atoms with Crippen molar-refractivity contribution in [3.63, 3.8) is 0 Å². The van der Waals surface area contributed by atoms with Crippen molar-refractivity contribution in [2.75, 3.05) is 0 Å². The number of aromatic hydroxyl groups is 1. The number of imidazole rings is 1. The highest BCUT2D eigenvalue weighted by Crippen LogP contribution is 2.30. The Morgan fingerprint density at radius 2 is 2.11 bits per heavy atom. The van der Waals surface area contributed by atoms with E-state index in [-0.39, 0.29) is 17.1 Å². The van der Waals surface area contributed by atoms with Crippen molar-refractivity contribution in [2.45, 2.75) is 6.92 Å². The fourth-order valence-corrected chi connectivity index (χ4v) is 1.90. The van der Waals surface area contributed by atoms with E-state index in [1.165, 1.54) is 18.2 Å². The average molecular weight is 243 g/mol. The minimum absolute atomic E-state index is 0.0647. The van der Waals surface area contributed by atoms with Crippen LogP contribution in [0, 0.1) is 12.7 Å². The molecule has 2 heterocycles. The molecule has 0 unspecified atom stereocenters. The molecule has 0 aliphatic carbocycles. The summed E-state index contributed by atoms with van der Waals surface area (Å²) in [7, 11) is 0. The zero-order valence-electron chi connectivity index (χ0n) is 9.61. The summed E-state index contributed by atoms with van der Waals surface area (Å²) in [6, 6.07) is 5.99. The van der Waals surface area contributed by atoms with Crippen LogP contribution in [0.15, 0.2) is 30.5 Å². The normalized spacial score (nSPS) is 11.0. The largest absolute Gasteiger partial charge is 0.507 e. The van der Waals surface area contributed by atoms with Crippen LogP contribution in [0.5, 0.6) is 5.75 Å². The van der Waals surface area contributed by atoms with Crippen LogP contribution in [-0.2, 0) is 0 Å². The van der Waals surface area contributed by atoms with E-state index in [1.807, 2.05) is 13.0 Å². The van der Waals surface area contributed by atoms with Gasteiger partial charge in [0, 0.05) is 6.20 Å². The molecular weight excluding hydrogens is 233 g/mol.